The first-order valence-corrected chi connectivity index (χ1v) is 8.46. The summed E-state index contributed by atoms with van der Waals surface area (Å²) >= 11 is 1.55. The molecule has 126 valence electrons. The van der Waals surface area contributed by atoms with Crippen LogP contribution < -0.4 is 4.90 Å². The Kier molecular flexibility index (Phi) is 3.67. The van der Waals surface area contributed by atoms with Crippen molar-refractivity contribution >= 4 is 27.4 Å². The van der Waals surface area contributed by atoms with E-state index >= 15 is 0 Å². The SMILES string of the molecule is FC(F)(F)c1ccn(C2CCCN(c3ncnc4sccc34)C2)n1. The van der Waals surface area contributed by atoms with E-state index in [0.717, 1.165) is 41.5 Å². The third-order valence-corrected chi connectivity index (χ3v) is 5.03. The van der Waals surface area contributed by atoms with E-state index in [-0.39, 0.29) is 6.04 Å². The Morgan fingerprint density at radius 3 is 2.88 bits per heavy atom. The van der Waals surface area contributed by atoms with Gasteiger partial charge < -0.3 is 4.90 Å². The molecular formula is C15H14F3N5S. The predicted molar refractivity (Wildman–Crippen MR) is 85.1 cm³/mol. The third kappa shape index (κ3) is 2.72. The zero-order valence-corrected chi connectivity index (χ0v) is 13.4. The van der Waals surface area contributed by atoms with Gasteiger partial charge in [-0.2, -0.15) is 18.3 Å². The quantitative estimate of drug-likeness (QED) is 0.704. The molecule has 1 unspecified atom stereocenters. The van der Waals surface area contributed by atoms with Gasteiger partial charge in [0.05, 0.1) is 11.4 Å². The average Bonchev–Trinajstić information content (AvgIpc) is 3.23. The number of piperidine rings is 1. The van der Waals surface area contributed by atoms with E-state index in [0.29, 0.717) is 6.54 Å². The second kappa shape index (κ2) is 5.73. The molecule has 0 radical (unpaired) electrons. The molecular weight excluding hydrogens is 339 g/mol. The Balaban J connectivity index is 1.60. The Morgan fingerprint density at radius 2 is 2.08 bits per heavy atom. The second-order valence-corrected chi connectivity index (χ2v) is 6.65. The lowest BCUT2D eigenvalue weighted by Crippen LogP contribution is -2.37. The van der Waals surface area contributed by atoms with Crippen LogP contribution in [0.25, 0.3) is 10.2 Å². The minimum atomic E-state index is -4.41. The van der Waals surface area contributed by atoms with Crippen LogP contribution >= 0.6 is 11.3 Å². The lowest BCUT2D eigenvalue weighted by Gasteiger charge is -2.33. The summed E-state index contributed by atoms with van der Waals surface area (Å²) < 4.78 is 39.7. The number of hydrogen-bond donors (Lipinski definition) is 0. The first-order valence-electron chi connectivity index (χ1n) is 7.58. The Bertz CT molecular complexity index is 856. The summed E-state index contributed by atoms with van der Waals surface area (Å²) in [5, 5.41) is 6.67. The molecule has 1 aliphatic heterocycles. The number of aromatic nitrogens is 4. The monoisotopic (exact) mass is 353 g/mol. The van der Waals surface area contributed by atoms with Gasteiger partial charge in [-0.3, -0.25) is 4.68 Å². The number of rotatable bonds is 2. The van der Waals surface area contributed by atoms with Crippen LogP contribution in [0.15, 0.2) is 30.0 Å². The lowest BCUT2D eigenvalue weighted by molar-refractivity contribution is -0.141. The topological polar surface area (TPSA) is 46.8 Å². The van der Waals surface area contributed by atoms with Crippen LogP contribution in [0, 0.1) is 0 Å². The second-order valence-electron chi connectivity index (χ2n) is 5.76. The molecule has 9 heteroatoms. The van der Waals surface area contributed by atoms with Crippen molar-refractivity contribution in [3.05, 3.63) is 35.7 Å². The molecule has 5 nitrogen and oxygen atoms in total. The Labute approximate surface area is 139 Å². The average molecular weight is 353 g/mol. The number of hydrogen-bond acceptors (Lipinski definition) is 5. The number of fused-ring (bicyclic) bond motifs is 1. The summed E-state index contributed by atoms with van der Waals surface area (Å²) in [6.45, 7) is 1.41. The van der Waals surface area contributed by atoms with Crippen molar-refractivity contribution in [2.45, 2.75) is 25.1 Å². The van der Waals surface area contributed by atoms with Crippen LogP contribution in [0.3, 0.4) is 0 Å². The Morgan fingerprint density at radius 1 is 1.21 bits per heavy atom. The molecule has 1 aliphatic rings. The number of thiophene rings is 1. The summed E-state index contributed by atoms with van der Waals surface area (Å²) in [6.07, 6.45) is 0.217. The van der Waals surface area contributed by atoms with Crippen LogP contribution in [0.1, 0.15) is 24.6 Å². The molecule has 1 saturated heterocycles. The van der Waals surface area contributed by atoms with E-state index in [1.54, 1.807) is 11.3 Å². The molecule has 0 saturated carbocycles. The van der Waals surface area contributed by atoms with Crippen molar-refractivity contribution in [2.75, 3.05) is 18.0 Å². The fourth-order valence-electron chi connectivity index (χ4n) is 3.08. The molecule has 4 heterocycles. The van der Waals surface area contributed by atoms with Crippen molar-refractivity contribution in [3.8, 4) is 0 Å². The van der Waals surface area contributed by atoms with Crippen molar-refractivity contribution in [1.82, 2.24) is 19.7 Å². The maximum absolute atomic E-state index is 12.7. The van der Waals surface area contributed by atoms with Crippen molar-refractivity contribution in [1.29, 1.82) is 0 Å². The number of alkyl halides is 3. The van der Waals surface area contributed by atoms with Gasteiger partial charge in [0.25, 0.3) is 0 Å². The standard InChI is InChI=1S/C15H14F3N5S/c16-15(17,18)12-3-6-23(21-12)10-2-1-5-22(8-10)13-11-4-7-24-14(11)20-9-19-13/h3-4,6-7,9-10H,1-2,5,8H2. The summed E-state index contributed by atoms with van der Waals surface area (Å²) in [5.41, 5.74) is -0.845. The minimum absolute atomic E-state index is 0.0986. The van der Waals surface area contributed by atoms with Gasteiger partial charge in [-0.15, -0.1) is 11.3 Å². The maximum atomic E-state index is 12.7. The van der Waals surface area contributed by atoms with Crippen molar-refractivity contribution in [2.24, 2.45) is 0 Å². The summed E-state index contributed by atoms with van der Waals surface area (Å²) in [5.74, 6) is 0.842. The summed E-state index contributed by atoms with van der Waals surface area (Å²) in [7, 11) is 0. The van der Waals surface area contributed by atoms with Crippen molar-refractivity contribution < 1.29 is 13.2 Å². The van der Waals surface area contributed by atoms with E-state index in [2.05, 4.69) is 20.0 Å². The summed E-state index contributed by atoms with van der Waals surface area (Å²) in [6, 6.07) is 2.91. The molecule has 0 spiro atoms. The Hall–Kier alpha value is -2.16. The molecule has 3 aromatic heterocycles. The number of nitrogens with zero attached hydrogens (tertiary/aromatic N) is 5. The van der Waals surface area contributed by atoms with E-state index < -0.39 is 11.9 Å². The third-order valence-electron chi connectivity index (χ3n) is 4.21. The molecule has 3 aromatic rings. The van der Waals surface area contributed by atoms with Gasteiger partial charge in [0, 0.05) is 19.3 Å². The van der Waals surface area contributed by atoms with Crippen LogP contribution in [0.4, 0.5) is 19.0 Å². The molecule has 0 aromatic carbocycles. The number of halogens is 3. The van der Waals surface area contributed by atoms with Gasteiger partial charge >= 0.3 is 6.18 Å². The van der Waals surface area contributed by atoms with Gasteiger partial charge in [-0.1, -0.05) is 0 Å². The molecule has 0 aliphatic carbocycles. The summed E-state index contributed by atoms with van der Waals surface area (Å²) in [4.78, 5) is 11.7. The fraction of sp³-hybridized carbons (Fsp3) is 0.400. The largest absolute Gasteiger partial charge is 0.435 e. The number of anilines is 1. The highest BCUT2D eigenvalue weighted by Gasteiger charge is 2.34. The molecule has 1 atom stereocenters. The molecule has 0 amide bonds. The van der Waals surface area contributed by atoms with Gasteiger partial charge in [-0.25, -0.2) is 9.97 Å². The smallest absolute Gasteiger partial charge is 0.354 e. The highest BCUT2D eigenvalue weighted by Crippen LogP contribution is 2.32. The highest BCUT2D eigenvalue weighted by atomic mass is 32.1. The van der Waals surface area contributed by atoms with Gasteiger partial charge in [-0.05, 0) is 30.4 Å². The first-order chi connectivity index (χ1) is 11.5. The van der Waals surface area contributed by atoms with E-state index in [1.165, 1.54) is 17.2 Å². The molecule has 4 rings (SSSR count). The van der Waals surface area contributed by atoms with E-state index in [1.807, 2.05) is 11.4 Å². The molecule has 0 N–H and O–H groups in total. The van der Waals surface area contributed by atoms with Crippen molar-refractivity contribution in [3.63, 3.8) is 0 Å². The predicted octanol–water partition coefficient (Wildman–Crippen LogP) is 3.75. The van der Waals surface area contributed by atoms with Gasteiger partial charge in [0.15, 0.2) is 5.69 Å². The zero-order valence-electron chi connectivity index (χ0n) is 12.6. The normalized spacial score (nSPS) is 19.1. The first kappa shape index (κ1) is 15.4. The van der Waals surface area contributed by atoms with Crippen LogP contribution in [-0.2, 0) is 6.18 Å². The van der Waals surface area contributed by atoms with Crippen LogP contribution in [0.5, 0.6) is 0 Å². The maximum Gasteiger partial charge on any atom is 0.435 e. The fourth-order valence-corrected chi connectivity index (χ4v) is 3.81. The van der Waals surface area contributed by atoms with Gasteiger partial charge in [0.2, 0.25) is 0 Å². The minimum Gasteiger partial charge on any atom is -0.354 e. The molecule has 1 fully saturated rings. The van der Waals surface area contributed by atoms with Crippen LogP contribution in [0.2, 0.25) is 0 Å². The molecule has 24 heavy (non-hydrogen) atoms. The highest BCUT2D eigenvalue weighted by molar-refractivity contribution is 7.16. The van der Waals surface area contributed by atoms with Crippen LogP contribution in [-0.4, -0.2) is 32.8 Å². The van der Waals surface area contributed by atoms with Gasteiger partial charge in [0.1, 0.15) is 17.0 Å². The lowest BCUT2D eigenvalue weighted by atomic mass is 10.1. The zero-order chi connectivity index (χ0) is 16.7. The van der Waals surface area contributed by atoms with E-state index in [4.69, 9.17) is 0 Å². The molecule has 0 bridgehead atoms. The van der Waals surface area contributed by atoms with E-state index in [9.17, 15) is 13.2 Å².